The van der Waals surface area contributed by atoms with E-state index in [-0.39, 0.29) is 6.04 Å². The van der Waals surface area contributed by atoms with E-state index in [0.717, 1.165) is 25.8 Å². The molecule has 1 saturated heterocycles. The number of hydrogen-bond donors (Lipinski definition) is 1. The monoisotopic (exact) mass is 293 g/mol. The Morgan fingerprint density at radius 1 is 1.35 bits per heavy atom. The van der Waals surface area contributed by atoms with E-state index >= 15 is 0 Å². The summed E-state index contributed by atoms with van der Waals surface area (Å²) in [4.78, 5) is 15.1. The van der Waals surface area contributed by atoms with Gasteiger partial charge in [-0.1, -0.05) is 12.1 Å². The highest BCUT2D eigenvalue weighted by Gasteiger charge is 2.43. The highest BCUT2D eigenvalue weighted by Crippen LogP contribution is 2.36. The number of rotatable bonds is 4. The quantitative estimate of drug-likeness (QED) is 0.857. The molecule has 20 heavy (non-hydrogen) atoms. The molecule has 2 unspecified atom stereocenters. The first-order chi connectivity index (χ1) is 9.49. The van der Waals surface area contributed by atoms with Crippen molar-refractivity contribution >= 4 is 17.7 Å². The van der Waals surface area contributed by atoms with Crippen molar-refractivity contribution < 1.29 is 9.90 Å². The van der Waals surface area contributed by atoms with Crippen LogP contribution in [-0.2, 0) is 4.79 Å². The molecule has 1 aromatic rings. The maximum absolute atomic E-state index is 11.7. The predicted molar refractivity (Wildman–Crippen MR) is 83.2 cm³/mol. The van der Waals surface area contributed by atoms with Gasteiger partial charge in [-0.15, -0.1) is 11.8 Å². The molecule has 0 aromatic heterocycles. The average Bonchev–Trinajstić information content (AvgIpc) is 2.47. The summed E-state index contributed by atoms with van der Waals surface area (Å²) < 4.78 is 0. The molecular weight excluding hydrogens is 270 g/mol. The lowest BCUT2D eigenvalue weighted by molar-refractivity contribution is -0.155. The molecule has 4 heteroatoms. The van der Waals surface area contributed by atoms with Crippen molar-refractivity contribution in [3.8, 4) is 0 Å². The lowest BCUT2D eigenvalue weighted by Crippen LogP contribution is -2.55. The average molecular weight is 293 g/mol. The summed E-state index contributed by atoms with van der Waals surface area (Å²) in [6.07, 6.45) is 4.87. The number of hydrogen-bond acceptors (Lipinski definition) is 3. The summed E-state index contributed by atoms with van der Waals surface area (Å²) >= 11 is 1.72. The van der Waals surface area contributed by atoms with E-state index in [1.165, 1.54) is 10.5 Å². The molecule has 1 N–H and O–H groups in total. The smallest absolute Gasteiger partial charge is 0.323 e. The van der Waals surface area contributed by atoms with Crippen LogP contribution in [0.25, 0.3) is 0 Å². The number of benzene rings is 1. The summed E-state index contributed by atoms with van der Waals surface area (Å²) in [6.45, 7) is 4.83. The van der Waals surface area contributed by atoms with Crippen molar-refractivity contribution in [3.05, 3.63) is 29.8 Å². The van der Waals surface area contributed by atoms with Crippen LogP contribution < -0.4 is 0 Å². The summed E-state index contributed by atoms with van der Waals surface area (Å²) in [6, 6.07) is 8.59. The van der Waals surface area contributed by atoms with Crippen molar-refractivity contribution in [2.24, 2.45) is 0 Å². The van der Waals surface area contributed by atoms with Gasteiger partial charge in [0.2, 0.25) is 0 Å². The fraction of sp³-hybridized carbons (Fsp3) is 0.562. The molecule has 110 valence electrons. The van der Waals surface area contributed by atoms with Crippen LogP contribution in [0.2, 0.25) is 0 Å². The van der Waals surface area contributed by atoms with Gasteiger partial charge in [0, 0.05) is 10.9 Å². The molecule has 1 aromatic carbocycles. The molecule has 2 atom stereocenters. The van der Waals surface area contributed by atoms with Crippen LogP contribution in [0.15, 0.2) is 29.2 Å². The first-order valence-corrected chi connectivity index (χ1v) is 8.35. The minimum Gasteiger partial charge on any atom is -0.480 e. The van der Waals surface area contributed by atoms with Gasteiger partial charge in [0.25, 0.3) is 0 Å². The molecule has 2 rings (SSSR count). The van der Waals surface area contributed by atoms with Gasteiger partial charge >= 0.3 is 5.97 Å². The fourth-order valence-corrected chi connectivity index (χ4v) is 3.46. The maximum atomic E-state index is 11.7. The molecule has 0 aliphatic carbocycles. The normalized spacial score (nSPS) is 25.4. The first kappa shape index (κ1) is 15.4. The van der Waals surface area contributed by atoms with Crippen molar-refractivity contribution in [2.75, 3.05) is 12.8 Å². The van der Waals surface area contributed by atoms with E-state index in [2.05, 4.69) is 42.3 Å². The number of carbonyl (C=O) groups is 1. The van der Waals surface area contributed by atoms with Crippen LogP contribution in [0.3, 0.4) is 0 Å². The zero-order chi connectivity index (χ0) is 14.8. The van der Waals surface area contributed by atoms with E-state index in [1.807, 2.05) is 6.92 Å². The fourth-order valence-electron chi connectivity index (χ4n) is 3.05. The predicted octanol–water partition coefficient (Wildman–Crippen LogP) is 3.80. The van der Waals surface area contributed by atoms with Gasteiger partial charge in [-0.2, -0.15) is 0 Å². The highest BCUT2D eigenvalue weighted by molar-refractivity contribution is 7.98. The van der Waals surface area contributed by atoms with Gasteiger partial charge in [0.05, 0.1) is 0 Å². The van der Waals surface area contributed by atoms with Crippen LogP contribution >= 0.6 is 11.8 Å². The third-order valence-corrected chi connectivity index (χ3v) is 5.22. The van der Waals surface area contributed by atoms with Crippen molar-refractivity contribution in [1.82, 2.24) is 4.90 Å². The largest absolute Gasteiger partial charge is 0.480 e. The van der Waals surface area contributed by atoms with Crippen LogP contribution in [0.5, 0.6) is 0 Å². The van der Waals surface area contributed by atoms with Gasteiger partial charge in [0.15, 0.2) is 0 Å². The Morgan fingerprint density at radius 3 is 2.55 bits per heavy atom. The molecule has 0 radical (unpaired) electrons. The Morgan fingerprint density at radius 2 is 2.00 bits per heavy atom. The highest BCUT2D eigenvalue weighted by atomic mass is 32.2. The molecule has 0 saturated carbocycles. The Hall–Kier alpha value is -1.00. The molecule has 1 fully saturated rings. The summed E-state index contributed by atoms with van der Waals surface area (Å²) in [7, 11) is 0. The van der Waals surface area contributed by atoms with Crippen molar-refractivity contribution in [1.29, 1.82) is 0 Å². The second-order valence-electron chi connectivity index (χ2n) is 5.68. The second-order valence-corrected chi connectivity index (χ2v) is 6.56. The summed E-state index contributed by atoms with van der Waals surface area (Å²) in [5.41, 5.74) is 0.452. The van der Waals surface area contributed by atoms with E-state index in [9.17, 15) is 9.90 Å². The van der Waals surface area contributed by atoms with Crippen molar-refractivity contribution in [2.45, 2.75) is 49.6 Å². The van der Waals surface area contributed by atoms with E-state index in [0.29, 0.717) is 0 Å². The molecule has 3 nitrogen and oxygen atoms in total. The standard InChI is InChI=1S/C16H23NO2S/c1-12(13-6-8-14(20-3)9-7-13)17-11-5-4-10-16(17,2)15(18)19/h6-9,12H,4-5,10-11H2,1-3H3,(H,18,19). The van der Waals surface area contributed by atoms with Gasteiger partial charge in [-0.05, 0) is 63.6 Å². The molecule has 1 heterocycles. The Bertz CT molecular complexity index is 474. The Balaban J connectivity index is 2.24. The second kappa shape index (κ2) is 6.19. The third kappa shape index (κ3) is 2.86. The van der Waals surface area contributed by atoms with Gasteiger partial charge in [0.1, 0.15) is 5.54 Å². The van der Waals surface area contributed by atoms with E-state index in [1.54, 1.807) is 11.8 Å². The Kier molecular flexibility index (Phi) is 4.76. The maximum Gasteiger partial charge on any atom is 0.323 e. The molecule has 1 aliphatic heterocycles. The SMILES string of the molecule is CSc1ccc(C(C)N2CCCCC2(C)C(=O)O)cc1. The van der Waals surface area contributed by atoms with Crippen LogP contribution in [0.4, 0.5) is 0 Å². The van der Waals surface area contributed by atoms with Crippen LogP contribution in [-0.4, -0.2) is 34.3 Å². The van der Waals surface area contributed by atoms with Crippen LogP contribution in [0.1, 0.15) is 44.7 Å². The number of nitrogens with zero attached hydrogens (tertiary/aromatic N) is 1. The van der Waals surface area contributed by atoms with Gasteiger partial charge in [-0.3, -0.25) is 9.69 Å². The number of carboxylic acid groups (broad SMARTS) is 1. The van der Waals surface area contributed by atoms with Gasteiger partial charge in [-0.25, -0.2) is 0 Å². The molecule has 0 bridgehead atoms. The molecule has 1 aliphatic rings. The number of likely N-dealkylation sites (tertiary alicyclic amines) is 1. The van der Waals surface area contributed by atoms with Crippen LogP contribution in [0, 0.1) is 0 Å². The topological polar surface area (TPSA) is 40.5 Å². The lowest BCUT2D eigenvalue weighted by atomic mass is 9.86. The minimum absolute atomic E-state index is 0.132. The summed E-state index contributed by atoms with van der Waals surface area (Å²) in [5, 5.41) is 9.60. The lowest BCUT2D eigenvalue weighted by Gasteiger charge is -2.45. The number of thioether (sulfide) groups is 1. The minimum atomic E-state index is -0.740. The number of piperidine rings is 1. The van der Waals surface area contributed by atoms with Crippen molar-refractivity contribution in [3.63, 3.8) is 0 Å². The Labute approximate surface area is 125 Å². The molecule has 0 spiro atoms. The molecular formula is C16H23NO2S. The number of carboxylic acids is 1. The zero-order valence-corrected chi connectivity index (χ0v) is 13.2. The first-order valence-electron chi connectivity index (χ1n) is 7.13. The van der Waals surface area contributed by atoms with E-state index in [4.69, 9.17) is 0 Å². The number of aliphatic carboxylic acids is 1. The van der Waals surface area contributed by atoms with E-state index < -0.39 is 11.5 Å². The zero-order valence-electron chi connectivity index (χ0n) is 12.4. The molecule has 0 amide bonds. The summed E-state index contributed by atoms with van der Waals surface area (Å²) in [5.74, 6) is -0.704. The third-order valence-electron chi connectivity index (χ3n) is 4.47. The van der Waals surface area contributed by atoms with Gasteiger partial charge < -0.3 is 5.11 Å².